The molecule has 1 unspecified atom stereocenters. The molecule has 0 radical (unpaired) electrons. The summed E-state index contributed by atoms with van der Waals surface area (Å²) in [7, 11) is 0. The van der Waals surface area contributed by atoms with E-state index in [4.69, 9.17) is 10.8 Å². The molecule has 1 aliphatic carbocycles. The number of aromatic hydroxyl groups is 5. The zero-order valence-corrected chi connectivity index (χ0v) is 19.3. The molecule has 14 nitrogen and oxygen atoms in total. The van der Waals surface area contributed by atoms with E-state index in [1.54, 1.807) is 0 Å². The van der Waals surface area contributed by atoms with Crippen molar-refractivity contribution in [3.63, 3.8) is 0 Å². The highest BCUT2D eigenvalue weighted by atomic mass is 16.4. The van der Waals surface area contributed by atoms with Gasteiger partial charge in [-0.05, 0) is 30.2 Å². The number of carbonyl (C=O) groups is 5. The maximum atomic E-state index is 13.5. The Bertz CT molecular complexity index is 1670. The van der Waals surface area contributed by atoms with Crippen LogP contribution in [0.3, 0.4) is 0 Å². The van der Waals surface area contributed by atoms with Gasteiger partial charge in [0.25, 0.3) is 0 Å². The molecule has 1 atom stereocenters. The lowest BCUT2D eigenvalue weighted by molar-refractivity contribution is -0.138. The van der Waals surface area contributed by atoms with Crippen LogP contribution in [0.1, 0.15) is 58.1 Å². The van der Waals surface area contributed by atoms with Gasteiger partial charge in [-0.15, -0.1) is 0 Å². The Hall–Kier alpha value is -5.63. The fraction of sp³-hybridized carbons (Fsp3) is 0.0800. The Morgan fingerprint density at radius 3 is 1.79 bits per heavy atom. The zero-order valence-electron chi connectivity index (χ0n) is 19.3. The van der Waals surface area contributed by atoms with Gasteiger partial charge in [-0.25, -0.2) is 9.59 Å². The molecule has 4 rings (SSSR count). The average molecular weight is 539 g/mol. The third kappa shape index (κ3) is 3.91. The van der Waals surface area contributed by atoms with Crippen LogP contribution in [0.2, 0.25) is 0 Å². The monoisotopic (exact) mass is 539 g/mol. The molecule has 0 aliphatic heterocycles. The average Bonchev–Trinajstić information content (AvgIpc) is 2.85. The number of hydrogen-bond acceptors (Lipinski definition) is 11. The number of carbonyl (C=O) groups excluding carboxylic acids is 2. The van der Waals surface area contributed by atoms with Crippen LogP contribution < -0.4 is 5.73 Å². The molecule has 0 saturated heterocycles. The fourth-order valence-corrected chi connectivity index (χ4v) is 4.43. The first kappa shape index (κ1) is 26.4. The van der Waals surface area contributed by atoms with Crippen molar-refractivity contribution in [2.45, 2.75) is 12.5 Å². The normalized spacial score (nSPS) is 12.9. The van der Waals surface area contributed by atoms with Gasteiger partial charge in [-0.3, -0.25) is 14.4 Å². The third-order valence-electron chi connectivity index (χ3n) is 6.18. The summed E-state index contributed by atoms with van der Waals surface area (Å²) in [6.45, 7) is 0. The number of carboxylic acid groups (broad SMARTS) is 3. The topological polar surface area (TPSA) is 273 Å². The predicted molar refractivity (Wildman–Crippen MR) is 127 cm³/mol. The molecule has 0 spiro atoms. The predicted octanol–water partition coefficient (Wildman–Crippen LogP) is 1.01. The zero-order chi connectivity index (χ0) is 29.1. The highest BCUT2D eigenvalue weighted by molar-refractivity contribution is 6.34. The second-order valence-corrected chi connectivity index (χ2v) is 8.51. The summed E-state index contributed by atoms with van der Waals surface area (Å²) >= 11 is 0. The standard InChI is InChI=1S/C25H17NO13/c26-9(23(34)35)4-6-1-2-10(27)7(3-6)13-20(31)17-16(22(33)21(13)32)18(29)8-5-11(28)14(24(36)37)15(25(38)39)12(8)19(17)30/h1-3,5,9,27-28,31-33H,4,26H2,(H,34,35)(H,36,37)(H,38,39). The number of benzene rings is 3. The summed E-state index contributed by atoms with van der Waals surface area (Å²) in [4.78, 5) is 61.5. The van der Waals surface area contributed by atoms with Gasteiger partial charge in [0.2, 0.25) is 0 Å². The second-order valence-electron chi connectivity index (χ2n) is 8.51. The Labute approximate surface area is 216 Å². The van der Waals surface area contributed by atoms with E-state index < -0.39 is 109 Å². The molecule has 200 valence electrons. The van der Waals surface area contributed by atoms with Crippen LogP contribution in [0, 0.1) is 0 Å². The van der Waals surface area contributed by atoms with Gasteiger partial charge in [-0.1, -0.05) is 6.07 Å². The SMILES string of the molecule is NC(Cc1ccc(O)c(-c2c(O)c(O)c3c(c2O)C(=O)c2c(cc(O)c(C(=O)O)c2C(=O)O)C3=O)c1)C(=O)O. The first-order valence-corrected chi connectivity index (χ1v) is 10.8. The Kier molecular flexibility index (Phi) is 6.13. The third-order valence-corrected chi connectivity index (χ3v) is 6.18. The molecule has 1 aliphatic rings. The van der Waals surface area contributed by atoms with Crippen LogP contribution in [-0.2, 0) is 11.2 Å². The van der Waals surface area contributed by atoms with Crippen molar-refractivity contribution < 1.29 is 64.8 Å². The molecule has 3 aromatic rings. The fourth-order valence-electron chi connectivity index (χ4n) is 4.43. The smallest absolute Gasteiger partial charge is 0.340 e. The van der Waals surface area contributed by atoms with E-state index in [2.05, 4.69) is 0 Å². The number of phenols is 5. The van der Waals surface area contributed by atoms with Crippen LogP contribution in [0.15, 0.2) is 24.3 Å². The second kappa shape index (κ2) is 9.04. The highest BCUT2D eigenvalue weighted by Gasteiger charge is 2.43. The number of nitrogens with two attached hydrogens (primary N) is 1. The van der Waals surface area contributed by atoms with Crippen molar-refractivity contribution in [3.05, 3.63) is 63.2 Å². The van der Waals surface area contributed by atoms with E-state index in [0.29, 0.717) is 6.07 Å². The van der Waals surface area contributed by atoms with E-state index >= 15 is 0 Å². The summed E-state index contributed by atoms with van der Waals surface area (Å²) < 4.78 is 0. The summed E-state index contributed by atoms with van der Waals surface area (Å²) in [6.07, 6.45) is -0.282. The Morgan fingerprint density at radius 2 is 1.23 bits per heavy atom. The van der Waals surface area contributed by atoms with Crippen molar-refractivity contribution in [2.75, 3.05) is 0 Å². The number of hydrogen-bond donors (Lipinski definition) is 9. The number of carboxylic acids is 3. The highest BCUT2D eigenvalue weighted by Crippen LogP contribution is 2.53. The molecule has 3 aromatic carbocycles. The van der Waals surface area contributed by atoms with Crippen molar-refractivity contribution in [3.8, 4) is 39.9 Å². The Balaban J connectivity index is 2.05. The van der Waals surface area contributed by atoms with E-state index in [-0.39, 0.29) is 12.0 Å². The molecule has 0 saturated carbocycles. The summed E-state index contributed by atoms with van der Waals surface area (Å²) in [5.74, 6) is -13.5. The lowest BCUT2D eigenvalue weighted by atomic mass is 9.77. The lowest BCUT2D eigenvalue weighted by Gasteiger charge is -2.24. The minimum atomic E-state index is -2.01. The van der Waals surface area contributed by atoms with Crippen molar-refractivity contribution in [1.82, 2.24) is 0 Å². The summed E-state index contributed by atoms with van der Waals surface area (Å²) in [6, 6.07) is 2.53. The molecular formula is C25H17NO13. The number of phenolic OH excluding ortho intramolecular Hbond substituents is 4. The van der Waals surface area contributed by atoms with E-state index in [0.717, 1.165) is 12.1 Å². The van der Waals surface area contributed by atoms with E-state index in [1.165, 1.54) is 6.07 Å². The molecule has 10 N–H and O–H groups in total. The minimum Gasteiger partial charge on any atom is -0.507 e. The number of fused-ring (bicyclic) bond motifs is 2. The van der Waals surface area contributed by atoms with Crippen molar-refractivity contribution in [2.24, 2.45) is 5.73 Å². The van der Waals surface area contributed by atoms with Gasteiger partial charge >= 0.3 is 17.9 Å². The van der Waals surface area contributed by atoms with Gasteiger partial charge in [0.05, 0.1) is 22.3 Å². The first-order chi connectivity index (χ1) is 18.2. The number of aliphatic carboxylic acids is 1. The van der Waals surface area contributed by atoms with Gasteiger partial charge in [0.1, 0.15) is 28.9 Å². The summed E-state index contributed by atoms with van der Waals surface area (Å²) in [5, 5.41) is 81.1. The van der Waals surface area contributed by atoms with Gasteiger partial charge in [-0.2, -0.15) is 0 Å². The molecular weight excluding hydrogens is 522 g/mol. The van der Waals surface area contributed by atoms with Crippen LogP contribution in [-0.4, -0.2) is 76.4 Å². The van der Waals surface area contributed by atoms with Gasteiger partial charge in [0, 0.05) is 16.7 Å². The number of aromatic carboxylic acids is 2. The molecule has 14 heteroatoms. The lowest BCUT2D eigenvalue weighted by Crippen LogP contribution is -2.32. The molecule has 0 fully saturated rings. The van der Waals surface area contributed by atoms with E-state index in [9.17, 15) is 59.7 Å². The number of ketones is 2. The number of rotatable bonds is 6. The maximum absolute atomic E-state index is 13.5. The quantitative estimate of drug-likeness (QED) is 0.122. The van der Waals surface area contributed by atoms with Crippen LogP contribution in [0.4, 0.5) is 0 Å². The first-order valence-electron chi connectivity index (χ1n) is 10.8. The molecule has 0 aromatic heterocycles. The van der Waals surface area contributed by atoms with Gasteiger partial charge in [0.15, 0.2) is 23.1 Å². The van der Waals surface area contributed by atoms with Crippen LogP contribution in [0.25, 0.3) is 11.1 Å². The van der Waals surface area contributed by atoms with Crippen LogP contribution in [0.5, 0.6) is 28.7 Å². The molecule has 0 amide bonds. The van der Waals surface area contributed by atoms with Crippen LogP contribution >= 0.6 is 0 Å². The largest absolute Gasteiger partial charge is 0.507 e. The van der Waals surface area contributed by atoms with Gasteiger partial charge < -0.3 is 46.6 Å². The molecule has 0 heterocycles. The summed E-state index contributed by atoms with van der Waals surface area (Å²) in [5.41, 5.74) is -1.82. The minimum absolute atomic E-state index is 0.177. The molecule has 0 bridgehead atoms. The van der Waals surface area contributed by atoms with Crippen molar-refractivity contribution >= 4 is 29.5 Å². The maximum Gasteiger partial charge on any atom is 0.340 e. The Morgan fingerprint density at radius 1 is 0.667 bits per heavy atom. The van der Waals surface area contributed by atoms with Crippen molar-refractivity contribution in [1.29, 1.82) is 0 Å². The molecule has 39 heavy (non-hydrogen) atoms. The van der Waals surface area contributed by atoms with E-state index in [1.807, 2.05) is 0 Å².